The van der Waals surface area contributed by atoms with E-state index in [9.17, 15) is 9.90 Å². The summed E-state index contributed by atoms with van der Waals surface area (Å²) in [4.78, 5) is 16.0. The Bertz CT molecular complexity index is 945. The average molecular weight is 585 g/mol. The van der Waals surface area contributed by atoms with Crippen LogP contribution in [0.2, 0.25) is 0 Å². The Hall–Kier alpha value is -1.45. The second kappa shape index (κ2) is 11.5. The van der Waals surface area contributed by atoms with E-state index in [-0.39, 0.29) is 5.41 Å². The van der Waals surface area contributed by atoms with Gasteiger partial charge in [0.25, 0.3) is 0 Å². The molecular weight excluding hydrogens is 545 g/mol. The first-order valence-corrected chi connectivity index (χ1v) is 14.3. The van der Waals surface area contributed by atoms with Crippen molar-refractivity contribution in [3.63, 3.8) is 0 Å². The summed E-state index contributed by atoms with van der Waals surface area (Å²) >= 11 is -0.438. The van der Waals surface area contributed by atoms with Gasteiger partial charge in [0.1, 0.15) is 0 Å². The van der Waals surface area contributed by atoms with Crippen LogP contribution < -0.4 is 21.6 Å². The predicted molar refractivity (Wildman–Crippen MR) is 128 cm³/mol. The van der Waals surface area contributed by atoms with Crippen molar-refractivity contribution in [1.29, 1.82) is 0 Å². The summed E-state index contributed by atoms with van der Waals surface area (Å²) in [5.74, 6) is 1.04. The van der Waals surface area contributed by atoms with Crippen molar-refractivity contribution in [2.24, 2.45) is 5.92 Å². The molecule has 1 fully saturated rings. The number of oxazole rings is 1. The number of benzene rings is 1. The molecule has 190 valence electrons. The molecule has 1 aliphatic carbocycles. The fourth-order valence-corrected chi connectivity index (χ4v) is 6.63. The molecule has 1 aliphatic rings. The van der Waals surface area contributed by atoms with Crippen LogP contribution in [0.1, 0.15) is 84.2 Å². The van der Waals surface area contributed by atoms with Gasteiger partial charge in [0.15, 0.2) is 0 Å². The molecule has 6 nitrogen and oxygen atoms in total. The summed E-state index contributed by atoms with van der Waals surface area (Å²) in [5.41, 5.74) is 2.16. The molecule has 0 amide bonds. The number of hydrogen-bond donors (Lipinski definition) is 1. The number of aliphatic carboxylic acids is 1. The first-order valence-electron chi connectivity index (χ1n) is 12.2. The summed E-state index contributed by atoms with van der Waals surface area (Å²) in [7, 11) is 0. The summed E-state index contributed by atoms with van der Waals surface area (Å²) in [5, 5.41) is 9.26. The van der Waals surface area contributed by atoms with E-state index in [0.717, 1.165) is 42.7 Å². The van der Waals surface area contributed by atoms with Crippen LogP contribution in [-0.2, 0) is 31.0 Å². The minimum absolute atomic E-state index is 0.114. The van der Waals surface area contributed by atoms with Crippen LogP contribution in [0, 0.1) is 5.92 Å². The SMILES string of the molecule is CCc1oc(-c2ccc(C(C)(C)C)cc2)nc1CO[I-][C@@H]1CCC[C@H](COC(C)(C)C(=O)O)C1. The average Bonchev–Trinajstić information content (AvgIpc) is 3.21. The Balaban J connectivity index is 1.53. The van der Waals surface area contributed by atoms with Gasteiger partial charge in [-0.3, -0.25) is 0 Å². The summed E-state index contributed by atoms with van der Waals surface area (Å²) in [6.45, 7) is 12.9. The number of hydrogen-bond acceptors (Lipinski definition) is 5. The van der Waals surface area contributed by atoms with Gasteiger partial charge in [-0.1, -0.05) is 0 Å². The molecule has 0 unspecified atom stereocenters. The zero-order valence-electron chi connectivity index (χ0n) is 21.3. The van der Waals surface area contributed by atoms with Crippen molar-refractivity contribution < 1.29 is 43.7 Å². The topological polar surface area (TPSA) is 81.8 Å². The van der Waals surface area contributed by atoms with Crippen molar-refractivity contribution in [2.75, 3.05) is 6.61 Å². The minimum atomic E-state index is -1.13. The maximum atomic E-state index is 11.3. The van der Waals surface area contributed by atoms with Gasteiger partial charge in [0.2, 0.25) is 0 Å². The van der Waals surface area contributed by atoms with Crippen molar-refractivity contribution in [2.45, 2.75) is 95.2 Å². The molecule has 7 heteroatoms. The predicted octanol–water partition coefficient (Wildman–Crippen LogP) is 3.16. The molecule has 34 heavy (non-hydrogen) atoms. The molecule has 1 saturated carbocycles. The Kier molecular flexibility index (Phi) is 9.20. The summed E-state index contributed by atoms with van der Waals surface area (Å²) < 4.78 is 18.5. The van der Waals surface area contributed by atoms with E-state index in [2.05, 4.69) is 52.0 Å². The molecule has 0 bridgehead atoms. The zero-order valence-corrected chi connectivity index (χ0v) is 23.5. The first kappa shape index (κ1) is 27.1. The van der Waals surface area contributed by atoms with E-state index in [0.29, 0.717) is 28.9 Å². The van der Waals surface area contributed by atoms with Crippen molar-refractivity contribution in [1.82, 2.24) is 4.98 Å². The monoisotopic (exact) mass is 584 g/mol. The fourth-order valence-electron chi connectivity index (χ4n) is 4.03. The van der Waals surface area contributed by atoms with Gasteiger partial charge >= 0.3 is 215 Å². The molecule has 1 aromatic carbocycles. The number of carbonyl (C=O) groups is 1. The van der Waals surface area contributed by atoms with Crippen LogP contribution in [0.25, 0.3) is 11.5 Å². The van der Waals surface area contributed by atoms with Gasteiger partial charge in [0.05, 0.1) is 0 Å². The van der Waals surface area contributed by atoms with Crippen LogP contribution >= 0.6 is 0 Å². The third-order valence-electron chi connectivity index (χ3n) is 6.39. The van der Waals surface area contributed by atoms with E-state index < -0.39 is 33.2 Å². The van der Waals surface area contributed by atoms with Gasteiger partial charge in [-0.05, 0) is 0 Å². The number of carboxylic acids is 1. The van der Waals surface area contributed by atoms with Gasteiger partial charge in [-0.2, -0.15) is 0 Å². The Labute approximate surface area is 214 Å². The first-order chi connectivity index (χ1) is 16.0. The van der Waals surface area contributed by atoms with Gasteiger partial charge in [-0.25, -0.2) is 0 Å². The molecule has 0 saturated heterocycles. The van der Waals surface area contributed by atoms with E-state index in [4.69, 9.17) is 17.2 Å². The molecule has 1 aromatic heterocycles. The summed E-state index contributed by atoms with van der Waals surface area (Å²) in [6, 6.07) is 8.46. The maximum absolute atomic E-state index is 11.3. The van der Waals surface area contributed by atoms with Crippen molar-refractivity contribution in [3.8, 4) is 11.5 Å². The fraction of sp³-hybridized carbons (Fsp3) is 0.630. The Morgan fingerprint density at radius 1 is 1.18 bits per heavy atom. The normalized spacial score (nSPS) is 19.5. The molecule has 0 radical (unpaired) electrons. The van der Waals surface area contributed by atoms with E-state index >= 15 is 0 Å². The zero-order chi connectivity index (χ0) is 24.9. The Morgan fingerprint density at radius 2 is 1.88 bits per heavy atom. The van der Waals surface area contributed by atoms with Crippen LogP contribution in [0.5, 0.6) is 0 Å². The number of halogens is 1. The van der Waals surface area contributed by atoms with Gasteiger partial charge < -0.3 is 0 Å². The number of aryl methyl sites for hydroxylation is 1. The quantitative estimate of drug-likeness (QED) is 0.342. The van der Waals surface area contributed by atoms with Gasteiger partial charge in [-0.15, -0.1) is 0 Å². The Morgan fingerprint density at radius 3 is 2.50 bits per heavy atom. The van der Waals surface area contributed by atoms with E-state index in [1.807, 2.05) is 0 Å². The molecular formula is C27H39INO5-. The number of ether oxygens (including phenoxy) is 1. The molecule has 0 spiro atoms. The van der Waals surface area contributed by atoms with E-state index in [1.54, 1.807) is 13.8 Å². The van der Waals surface area contributed by atoms with Crippen molar-refractivity contribution >= 4 is 5.97 Å². The molecule has 0 aliphatic heterocycles. The van der Waals surface area contributed by atoms with Gasteiger partial charge in [0, 0.05) is 0 Å². The van der Waals surface area contributed by atoms with Crippen molar-refractivity contribution in [3.05, 3.63) is 41.3 Å². The van der Waals surface area contributed by atoms with Crippen LogP contribution in [0.15, 0.2) is 28.7 Å². The number of carboxylic acid groups (broad SMARTS) is 1. The number of alkyl halides is 1. The molecule has 3 rings (SSSR count). The molecule has 2 aromatic rings. The van der Waals surface area contributed by atoms with E-state index in [1.165, 1.54) is 12.0 Å². The van der Waals surface area contributed by atoms with Crippen LogP contribution in [0.3, 0.4) is 0 Å². The second-order valence-electron chi connectivity index (χ2n) is 10.7. The molecule has 2 atom stereocenters. The number of rotatable bonds is 10. The third kappa shape index (κ3) is 7.28. The molecule has 1 N–H and O–H groups in total. The van der Waals surface area contributed by atoms with Crippen LogP contribution in [-0.4, -0.2) is 32.2 Å². The number of aromatic nitrogens is 1. The standard InChI is InChI=1S/C27H39INO5/c1-7-23-22(29-24(34-23)19-11-13-20(14-12-19)26(2,3)4)17-33-28-21-10-8-9-18(15-21)16-32-27(5,6)25(30)31/h11-14,18,21H,7-10,15-17H2,1-6H3,(H,30,31)/q-1/t18-,21+/m0/s1. The molecule has 1 heterocycles. The number of nitrogens with zero attached hydrogens (tertiary/aromatic N) is 1. The van der Waals surface area contributed by atoms with Crippen LogP contribution in [0.4, 0.5) is 0 Å². The third-order valence-corrected chi connectivity index (χ3v) is 8.91. The second-order valence-corrected chi connectivity index (χ2v) is 13.6. The summed E-state index contributed by atoms with van der Waals surface area (Å²) in [6.07, 6.45) is 5.25.